The molecule has 25 heavy (non-hydrogen) atoms. The van der Waals surface area contributed by atoms with Gasteiger partial charge in [-0.1, -0.05) is 29.8 Å². The third-order valence-electron chi connectivity index (χ3n) is 4.80. The van der Waals surface area contributed by atoms with Crippen LogP contribution in [0, 0.1) is 0 Å². The first kappa shape index (κ1) is 18.2. The molecule has 1 aromatic heterocycles. The van der Waals surface area contributed by atoms with E-state index in [1.165, 1.54) is 11.3 Å². The van der Waals surface area contributed by atoms with Crippen molar-refractivity contribution in [2.75, 3.05) is 0 Å². The van der Waals surface area contributed by atoms with Crippen LogP contribution in [0.1, 0.15) is 49.7 Å². The molecule has 3 atom stereocenters. The minimum Gasteiger partial charge on any atom is -0.448 e. The first-order chi connectivity index (χ1) is 11.9. The quantitative estimate of drug-likeness (QED) is 0.713. The molecule has 4 nitrogen and oxygen atoms in total. The lowest BCUT2D eigenvalue weighted by Crippen LogP contribution is -2.51. The van der Waals surface area contributed by atoms with Gasteiger partial charge in [0.25, 0.3) is 5.91 Å². The Bertz CT molecular complexity index is 793. The fourth-order valence-corrected chi connectivity index (χ4v) is 4.87. The van der Waals surface area contributed by atoms with E-state index in [-0.39, 0.29) is 18.0 Å². The predicted molar refractivity (Wildman–Crippen MR) is 101 cm³/mol. The molecule has 0 radical (unpaired) electrons. The smallest absolute Gasteiger partial charge is 0.350 e. The van der Waals surface area contributed by atoms with E-state index < -0.39 is 12.1 Å². The molecule has 0 unspecified atom stereocenters. The van der Waals surface area contributed by atoms with Crippen LogP contribution in [-0.4, -0.2) is 35.0 Å². The van der Waals surface area contributed by atoms with Gasteiger partial charge in [-0.25, -0.2) is 4.79 Å². The number of hydrogen-bond acceptors (Lipinski definition) is 4. The zero-order valence-corrected chi connectivity index (χ0v) is 16.2. The van der Waals surface area contributed by atoms with Gasteiger partial charge in [0.15, 0.2) is 6.10 Å². The Morgan fingerprint density at radius 3 is 2.52 bits per heavy atom. The van der Waals surface area contributed by atoms with Crippen molar-refractivity contribution in [3.05, 3.63) is 34.2 Å². The second kappa shape index (κ2) is 7.34. The van der Waals surface area contributed by atoms with Crippen molar-refractivity contribution >= 4 is 44.9 Å². The molecule has 0 bridgehead atoms. The first-order valence-electron chi connectivity index (χ1n) is 8.60. The highest BCUT2D eigenvalue weighted by atomic mass is 35.5. The number of halogens is 1. The fraction of sp³-hybridized carbons (Fsp3) is 0.474. The van der Waals surface area contributed by atoms with Crippen molar-refractivity contribution < 1.29 is 14.3 Å². The van der Waals surface area contributed by atoms with Gasteiger partial charge < -0.3 is 9.64 Å². The topological polar surface area (TPSA) is 46.6 Å². The molecule has 1 fully saturated rings. The normalized spacial score (nSPS) is 22.0. The molecular formula is C19H22ClNO3S. The van der Waals surface area contributed by atoms with Gasteiger partial charge in [-0.15, -0.1) is 11.3 Å². The molecule has 0 spiro atoms. The lowest BCUT2D eigenvalue weighted by molar-refractivity contribution is -0.146. The molecule has 2 heterocycles. The number of benzene rings is 1. The summed E-state index contributed by atoms with van der Waals surface area (Å²) in [5.74, 6) is -0.672. The van der Waals surface area contributed by atoms with Gasteiger partial charge in [0.1, 0.15) is 4.88 Å². The summed E-state index contributed by atoms with van der Waals surface area (Å²) in [6, 6.07) is 7.90. The third-order valence-corrected chi connectivity index (χ3v) is 6.46. The number of hydrogen-bond donors (Lipinski definition) is 0. The van der Waals surface area contributed by atoms with Crippen LogP contribution in [0.3, 0.4) is 0 Å². The molecule has 1 aliphatic rings. The van der Waals surface area contributed by atoms with E-state index in [1.807, 2.05) is 43.0 Å². The van der Waals surface area contributed by atoms with E-state index >= 15 is 0 Å². The molecule has 1 amide bonds. The monoisotopic (exact) mass is 379 g/mol. The van der Waals surface area contributed by atoms with Crippen LogP contribution in [0.4, 0.5) is 0 Å². The highest BCUT2D eigenvalue weighted by molar-refractivity contribution is 7.21. The molecule has 0 aliphatic carbocycles. The lowest BCUT2D eigenvalue weighted by atomic mass is 9.97. The molecule has 0 N–H and O–H groups in total. The highest BCUT2D eigenvalue weighted by Gasteiger charge is 2.33. The van der Waals surface area contributed by atoms with Crippen LogP contribution in [0.15, 0.2) is 24.3 Å². The number of carbonyl (C=O) groups excluding carboxylic acids is 2. The number of piperidine rings is 1. The molecule has 0 saturated carbocycles. The molecule has 134 valence electrons. The third kappa shape index (κ3) is 3.53. The Kier molecular flexibility index (Phi) is 5.35. The Balaban J connectivity index is 1.75. The predicted octanol–water partition coefficient (Wildman–Crippen LogP) is 4.89. The van der Waals surface area contributed by atoms with E-state index in [1.54, 1.807) is 6.92 Å². The SMILES string of the molecule is C[C@@H]1CCC[C@@H](C)N1C(=O)[C@@H](C)OC(=O)c1sc2ccccc2c1Cl. The maximum Gasteiger partial charge on any atom is 0.350 e. The number of ether oxygens (including phenoxy) is 1. The largest absolute Gasteiger partial charge is 0.448 e. The van der Waals surface area contributed by atoms with E-state index in [0.29, 0.717) is 9.90 Å². The van der Waals surface area contributed by atoms with Crippen molar-refractivity contribution in [1.29, 1.82) is 0 Å². The molecular weight excluding hydrogens is 358 g/mol. The van der Waals surface area contributed by atoms with Crippen molar-refractivity contribution in [2.24, 2.45) is 0 Å². The standard InChI is InChI=1S/C19H22ClNO3S/c1-11-7-6-8-12(2)21(11)18(22)13(3)24-19(23)17-16(20)14-9-4-5-10-15(14)25-17/h4-5,9-13H,6-8H2,1-3H3/t11-,12-,13-/m1/s1. The summed E-state index contributed by atoms with van der Waals surface area (Å²) < 4.78 is 6.38. The van der Waals surface area contributed by atoms with Crippen LogP contribution < -0.4 is 0 Å². The highest BCUT2D eigenvalue weighted by Crippen LogP contribution is 2.35. The van der Waals surface area contributed by atoms with Crippen LogP contribution in [-0.2, 0) is 9.53 Å². The van der Waals surface area contributed by atoms with Crippen molar-refractivity contribution in [1.82, 2.24) is 4.90 Å². The van der Waals surface area contributed by atoms with Gasteiger partial charge in [-0.3, -0.25) is 4.79 Å². The number of nitrogens with zero attached hydrogens (tertiary/aromatic N) is 1. The molecule has 6 heteroatoms. The minimum atomic E-state index is -0.822. The Labute approximate surface area is 156 Å². The number of carbonyl (C=O) groups is 2. The lowest BCUT2D eigenvalue weighted by Gasteiger charge is -2.40. The van der Waals surface area contributed by atoms with Crippen molar-refractivity contribution in [3.8, 4) is 0 Å². The van der Waals surface area contributed by atoms with E-state index in [9.17, 15) is 9.59 Å². The summed E-state index contributed by atoms with van der Waals surface area (Å²) >= 11 is 7.62. The van der Waals surface area contributed by atoms with E-state index in [2.05, 4.69) is 0 Å². The average Bonchev–Trinajstić information content (AvgIpc) is 2.92. The molecule has 2 aromatic rings. The summed E-state index contributed by atoms with van der Waals surface area (Å²) in [5, 5.41) is 1.23. The second-order valence-electron chi connectivity index (χ2n) is 6.66. The number of esters is 1. The summed E-state index contributed by atoms with van der Waals surface area (Å²) in [6.45, 7) is 5.73. The van der Waals surface area contributed by atoms with Gasteiger partial charge in [0, 0.05) is 22.2 Å². The van der Waals surface area contributed by atoms with Crippen LogP contribution in [0.25, 0.3) is 10.1 Å². The minimum absolute atomic E-state index is 0.134. The van der Waals surface area contributed by atoms with E-state index in [0.717, 1.165) is 29.3 Å². The Morgan fingerprint density at radius 1 is 1.24 bits per heavy atom. The maximum atomic E-state index is 12.8. The molecule has 1 saturated heterocycles. The molecule has 1 aliphatic heterocycles. The summed E-state index contributed by atoms with van der Waals surface area (Å²) in [4.78, 5) is 27.5. The zero-order valence-electron chi connectivity index (χ0n) is 14.6. The number of amides is 1. The Morgan fingerprint density at radius 2 is 1.88 bits per heavy atom. The van der Waals surface area contributed by atoms with Crippen molar-refractivity contribution in [3.63, 3.8) is 0 Å². The fourth-order valence-electron chi connectivity index (χ4n) is 3.48. The molecule has 1 aromatic carbocycles. The number of fused-ring (bicyclic) bond motifs is 1. The summed E-state index contributed by atoms with van der Waals surface area (Å²) in [6.07, 6.45) is 2.27. The van der Waals surface area contributed by atoms with Gasteiger partial charge >= 0.3 is 5.97 Å². The summed E-state index contributed by atoms with van der Waals surface area (Å²) in [5.41, 5.74) is 0. The maximum absolute atomic E-state index is 12.8. The van der Waals surface area contributed by atoms with Crippen molar-refractivity contribution in [2.45, 2.75) is 58.2 Å². The van der Waals surface area contributed by atoms with E-state index in [4.69, 9.17) is 16.3 Å². The van der Waals surface area contributed by atoms with Crippen LogP contribution >= 0.6 is 22.9 Å². The number of thiophene rings is 1. The van der Waals surface area contributed by atoms with Gasteiger partial charge in [0.2, 0.25) is 0 Å². The average molecular weight is 380 g/mol. The molecule has 3 rings (SSSR count). The first-order valence-corrected chi connectivity index (χ1v) is 9.79. The van der Waals surface area contributed by atoms with Gasteiger partial charge in [-0.05, 0) is 46.1 Å². The van der Waals surface area contributed by atoms with Gasteiger partial charge in [0.05, 0.1) is 5.02 Å². The zero-order chi connectivity index (χ0) is 18.1. The van der Waals surface area contributed by atoms with Crippen LogP contribution in [0.2, 0.25) is 5.02 Å². The summed E-state index contributed by atoms with van der Waals surface area (Å²) in [7, 11) is 0. The number of likely N-dealkylation sites (tertiary alicyclic amines) is 1. The number of rotatable bonds is 3. The van der Waals surface area contributed by atoms with Gasteiger partial charge in [-0.2, -0.15) is 0 Å². The Hall–Kier alpha value is -1.59. The second-order valence-corrected chi connectivity index (χ2v) is 8.09. The van der Waals surface area contributed by atoms with Crippen LogP contribution in [0.5, 0.6) is 0 Å².